The van der Waals surface area contributed by atoms with E-state index in [4.69, 9.17) is 4.74 Å². The molecule has 0 amide bonds. The van der Waals surface area contributed by atoms with Crippen molar-refractivity contribution in [3.05, 3.63) is 0 Å². The third kappa shape index (κ3) is 13.8. The second kappa shape index (κ2) is 13.9. The van der Waals surface area contributed by atoms with Crippen molar-refractivity contribution in [1.29, 1.82) is 0 Å². The molecule has 0 fully saturated rings. The van der Waals surface area contributed by atoms with Crippen molar-refractivity contribution in [3.63, 3.8) is 0 Å². The number of carbonyl (C=O) groups is 1. The molecule has 0 saturated carbocycles. The zero-order valence-electron chi connectivity index (χ0n) is 11.2. The highest BCUT2D eigenvalue weighted by Gasteiger charge is 2.01. The Morgan fingerprint density at radius 2 is 1.59 bits per heavy atom. The van der Waals surface area contributed by atoms with Crippen LogP contribution in [0.1, 0.15) is 71.1 Å². The van der Waals surface area contributed by atoms with E-state index in [0.717, 1.165) is 31.4 Å². The van der Waals surface area contributed by atoms with Gasteiger partial charge in [0.25, 0.3) is 0 Å². The molecular formula is C14H28O2S. The average molecular weight is 260 g/mol. The minimum Gasteiger partial charge on any atom is -0.466 e. The minimum atomic E-state index is -0.0199. The maximum absolute atomic E-state index is 11.3. The van der Waals surface area contributed by atoms with E-state index in [1.807, 2.05) is 0 Å². The lowest BCUT2D eigenvalue weighted by Crippen LogP contribution is -2.05. The summed E-state index contributed by atoms with van der Waals surface area (Å²) in [6.07, 6.45) is 11.1. The molecule has 0 heterocycles. The van der Waals surface area contributed by atoms with E-state index in [1.54, 1.807) is 0 Å². The Labute approximate surface area is 112 Å². The fourth-order valence-corrected chi connectivity index (χ4v) is 1.92. The van der Waals surface area contributed by atoms with Crippen LogP contribution in [-0.4, -0.2) is 18.3 Å². The van der Waals surface area contributed by atoms with Crippen molar-refractivity contribution in [2.45, 2.75) is 71.1 Å². The Balaban J connectivity index is 3.08. The summed E-state index contributed by atoms with van der Waals surface area (Å²) in [4.78, 5) is 11.3. The van der Waals surface area contributed by atoms with E-state index in [1.165, 1.54) is 32.1 Å². The molecule has 102 valence electrons. The maximum Gasteiger partial charge on any atom is 0.305 e. The molecule has 3 heteroatoms. The average Bonchev–Trinajstić information content (AvgIpc) is 2.33. The third-order valence-corrected chi connectivity index (χ3v) is 3.12. The van der Waals surface area contributed by atoms with Gasteiger partial charge in [-0.2, -0.15) is 12.6 Å². The summed E-state index contributed by atoms with van der Waals surface area (Å²) in [6.45, 7) is 2.75. The molecule has 0 aliphatic rings. The molecule has 0 unspecified atom stereocenters. The van der Waals surface area contributed by atoms with E-state index < -0.39 is 0 Å². The molecule has 17 heavy (non-hydrogen) atoms. The molecule has 0 aliphatic heterocycles. The number of esters is 1. The standard InChI is InChI=1S/C14H28O2S/c1-2-3-8-11-14(15)16-12-9-6-4-5-7-10-13-17/h17H,2-13H2,1H3. The van der Waals surface area contributed by atoms with Crippen LogP contribution in [0, 0.1) is 0 Å². The van der Waals surface area contributed by atoms with Gasteiger partial charge in [0.15, 0.2) is 0 Å². The predicted octanol–water partition coefficient (Wildman–Crippen LogP) is 4.38. The van der Waals surface area contributed by atoms with Crippen LogP contribution in [0.3, 0.4) is 0 Å². The summed E-state index contributed by atoms with van der Waals surface area (Å²) in [5.41, 5.74) is 0. The van der Waals surface area contributed by atoms with E-state index in [9.17, 15) is 4.79 Å². The zero-order chi connectivity index (χ0) is 12.8. The van der Waals surface area contributed by atoms with Gasteiger partial charge in [-0.15, -0.1) is 0 Å². The Morgan fingerprint density at radius 1 is 0.941 bits per heavy atom. The van der Waals surface area contributed by atoms with Gasteiger partial charge >= 0.3 is 5.97 Å². The van der Waals surface area contributed by atoms with Gasteiger partial charge in [-0.1, -0.05) is 45.4 Å². The van der Waals surface area contributed by atoms with Crippen LogP contribution in [0.15, 0.2) is 0 Å². The van der Waals surface area contributed by atoms with Crippen molar-refractivity contribution in [3.8, 4) is 0 Å². The van der Waals surface area contributed by atoms with Crippen LogP contribution in [-0.2, 0) is 9.53 Å². The smallest absolute Gasteiger partial charge is 0.305 e. The molecule has 0 N–H and O–H groups in total. The highest BCUT2D eigenvalue weighted by Crippen LogP contribution is 2.06. The van der Waals surface area contributed by atoms with Crippen LogP contribution < -0.4 is 0 Å². The van der Waals surface area contributed by atoms with Gasteiger partial charge in [0.05, 0.1) is 6.61 Å². The number of carbonyl (C=O) groups excluding carboxylic acids is 1. The van der Waals surface area contributed by atoms with Crippen molar-refractivity contribution in [1.82, 2.24) is 0 Å². The van der Waals surface area contributed by atoms with Crippen molar-refractivity contribution < 1.29 is 9.53 Å². The number of rotatable bonds is 12. The lowest BCUT2D eigenvalue weighted by Gasteiger charge is -2.04. The fourth-order valence-electron chi connectivity index (χ4n) is 1.70. The Bertz CT molecular complexity index is 172. The second-order valence-corrected chi connectivity index (χ2v) is 4.97. The molecule has 0 aromatic heterocycles. The number of ether oxygens (including phenoxy) is 1. The van der Waals surface area contributed by atoms with Gasteiger partial charge in [0.2, 0.25) is 0 Å². The van der Waals surface area contributed by atoms with Crippen molar-refractivity contribution in [2.24, 2.45) is 0 Å². The van der Waals surface area contributed by atoms with Gasteiger partial charge in [-0.05, 0) is 25.0 Å². The first kappa shape index (κ1) is 16.8. The highest BCUT2D eigenvalue weighted by atomic mass is 32.1. The summed E-state index contributed by atoms with van der Waals surface area (Å²) in [5, 5.41) is 0. The normalized spacial score (nSPS) is 10.5. The van der Waals surface area contributed by atoms with Crippen LogP contribution in [0.5, 0.6) is 0 Å². The first-order valence-corrected chi connectivity index (χ1v) is 7.71. The predicted molar refractivity (Wildman–Crippen MR) is 76.7 cm³/mol. The summed E-state index contributed by atoms with van der Waals surface area (Å²) >= 11 is 4.18. The van der Waals surface area contributed by atoms with E-state index >= 15 is 0 Å². The molecule has 0 aromatic carbocycles. The monoisotopic (exact) mass is 260 g/mol. The maximum atomic E-state index is 11.3. The van der Waals surface area contributed by atoms with Gasteiger partial charge in [-0.25, -0.2) is 0 Å². The zero-order valence-corrected chi connectivity index (χ0v) is 12.1. The SMILES string of the molecule is CCCCCC(=O)OCCCCCCCCS. The first-order chi connectivity index (χ1) is 8.31. The lowest BCUT2D eigenvalue weighted by molar-refractivity contribution is -0.143. The Morgan fingerprint density at radius 3 is 2.24 bits per heavy atom. The van der Waals surface area contributed by atoms with Crippen LogP contribution >= 0.6 is 12.6 Å². The first-order valence-electron chi connectivity index (χ1n) is 7.07. The summed E-state index contributed by atoms with van der Waals surface area (Å²) in [5.74, 6) is 0.976. The summed E-state index contributed by atoms with van der Waals surface area (Å²) < 4.78 is 5.17. The number of hydrogen-bond acceptors (Lipinski definition) is 3. The molecular weight excluding hydrogens is 232 g/mol. The number of unbranched alkanes of at least 4 members (excludes halogenated alkanes) is 7. The Kier molecular flexibility index (Phi) is 13.7. The molecule has 0 radical (unpaired) electrons. The fraction of sp³-hybridized carbons (Fsp3) is 0.929. The van der Waals surface area contributed by atoms with Crippen LogP contribution in [0.4, 0.5) is 0 Å². The second-order valence-electron chi connectivity index (χ2n) is 4.52. The van der Waals surface area contributed by atoms with Gasteiger partial charge in [0, 0.05) is 6.42 Å². The van der Waals surface area contributed by atoms with Crippen molar-refractivity contribution >= 4 is 18.6 Å². The van der Waals surface area contributed by atoms with Gasteiger partial charge in [0.1, 0.15) is 0 Å². The van der Waals surface area contributed by atoms with Gasteiger partial charge < -0.3 is 4.74 Å². The minimum absolute atomic E-state index is 0.0199. The van der Waals surface area contributed by atoms with Crippen LogP contribution in [0.2, 0.25) is 0 Å². The lowest BCUT2D eigenvalue weighted by atomic mass is 10.1. The van der Waals surface area contributed by atoms with E-state index in [-0.39, 0.29) is 5.97 Å². The van der Waals surface area contributed by atoms with E-state index in [2.05, 4.69) is 19.6 Å². The molecule has 2 nitrogen and oxygen atoms in total. The molecule has 0 atom stereocenters. The van der Waals surface area contributed by atoms with Crippen molar-refractivity contribution in [2.75, 3.05) is 12.4 Å². The topological polar surface area (TPSA) is 26.3 Å². The molecule has 0 bridgehead atoms. The Hall–Kier alpha value is -0.180. The quantitative estimate of drug-likeness (QED) is 0.320. The van der Waals surface area contributed by atoms with Crippen LogP contribution in [0.25, 0.3) is 0 Å². The summed E-state index contributed by atoms with van der Waals surface area (Å²) in [6, 6.07) is 0. The molecule has 0 rings (SSSR count). The summed E-state index contributed by atoms with van der Waals surface area (Å²) in [7, 11) is 0. The van der Waals surface area contributed by atoms with Gasteiger partial charge in [-0.3, -0.25) is 4.79 Å². The largest absolute Gasteiger partial charge is 0.466 e. The third-order valence-electron chi connectivity index (χ3n) is 2.80. The number of thiol groups is 1. The van der Waals surface area contributed by atoms with E-state index in [0.29, 0.717) is 13.0 Å². The molecule has 0 aliphatic carbocycles. The molecule has 0 aromatic rings. The highest BCUT2D eigenvalue weighted by molar-refractivity contribution is 7.80. The molecule has 0 spiro atoms. The molecule has 0 saturated heterocycles. The number of hydrogen-bond donors (Lipinski definition) is 1.